The Kier molecular flexibility index (Phi) is 6.63. The average Bonchev–Trinajstić information content (AvgIpc) is 2.64. The molecule has 1 fully saturated rings. The van der Waals surface area contributed by atoms with Crippen LogP contribution < -0.4 is 10.6 Å². The van der Waals surface area contributed by atoms with Crippen molar-refractivity contribution in [1.82, 2.24) is 15.2 Å². The number of hydrogen-bond donors (Lipinski definition) is 2. The van der Waals surface area contributed by atoms with E-state index < -0.39 is 0 Å². The minimum Gasteiger partial charge on any atom is -0.335 e. The summed E-state index contributed by atoms with van der Waals surface area (Å²) in [5, 5.41) is 5.99. The number of hydrogen-bond acceptors (Lipinski definition) is 3. The third-order valence-corrected chi connectivity index (χ3v) is 5.21. The number of carbonyl (C=O) groups is 1. The summed E-state index contributed by atoms with van der Waals surface area (Å²) < 4.78 is 1.16. The molecule has 2 aromatic rings. The number of pyridine rings is 1. The van der Waals surface area contributed by atoms with Gasteiger partial charge in [-0.15, -0.1) is 0 Å². The number of nitrogens with one attached hydrogen (secondary N) is 2. The van der Waals surface area contributed by atoms with Gasteiger partial charge in [-0.25, -0.2) is 4.79 Å². The third-order valence-electron chi connectivity index (χ3n) is 4.49. The van der Waals surface area contributed by atoms with Crippen LogP contribution in [0.25, 0.3) is 0 Å². The summed E-state index contributed by atoms with van der Waals surface area (Å²) in [6.45, 7) is 3.12. The Labute approximate surface area is 162 Å². The highest BCUT2D eigenvalue weighted by molar-refractivity contribution is 14.1. The van der Waals surface area contributed by atoms with E-state index in [1.165, 1.54) is 5.56 Å². The highest BCUT2D eigenvalue weighted by atomic mass is 127. The van der Waals surface area contributed by atoms with E-state index in [0.717, 1.165) is 48.2 Å². The van der Waals surface area contributed by atoms with Crippen molar-refractivity contribution in [3.63, 3.8) is 0 Å². The summed E-state index contributed by atoms with van der Waals surface area (Å²) in [6, 6.07) is 12.1. The molecule has 2 amide bonds. The quantitative estimate of drug-likeness (QED) is 0.686. The van der Waals surface area contributed by atoms with Crippen LogP contribution in [0.3, 0.4) is 0 Å². The number of rotatable bonds is 5. The molecule has 1 aromatic heterocycles. The highest BCUT2D eigenvalue weighted by Crippen LogP contribution is 2.13. The smallest absolute Gasteiger partial charge is 0.319 e. The van der Waals surface area contributed by atoms with Gasteiger partial charge in [0.1, 0.15) is 0 Å². The molecule has 0 spiro atoms. The van der Waals surface area contributed by atoms with Gasteiger partial charge >= 0.3 is 6.03 Å². The molecule has 2 N–H and O–H groups in total. The Bertz CT molecular complexity index is 670. The summed E-state index contributed by atoms with van der Waals surface area (Å²) in [6.07, 6.45) is 6.73. The van der Waals surface area contributed by atoms with Crippen molar-refractivity contribution < 1.29 is 4.79 Å². The lowest BCUT2D eigenvalue weighted by Gasteiger charge is -2.32. The lowest BCUT2D eigenvalue weighted by Crippen LogP contribution is -2.46. The zero-order chi connectivity index (χ0) is 17.5. The molecule has 0 bridgehead atoms. The van der Waals surface area contributed by atoms with E-state index in [9.17, 15) is 4.79 Å². The molecule has 0 aliphatic carbocycles. The molecule has 0 radical (unpaired) electrons. The highest BCUT2D eigenvalue weighted by Gasteiger charge is 2.20. The van der Waals surface area contributed by atoms with Crippen molar-refractivity contribution in [1.29, 1.82) is 0 Å². The Balaban J connectivity index is 1.37. The summed E-state index contributed by atoms with van der Waals surface area (Å²) in [5.41, 5.74) is 2.15. The molecule has 5 nitrogen and oxygen atoms in total. The molecule has 1 aliphatic rings. The van der Waals surface area contributed by atoms with Crippen molar-refractivity contribution >= 4 is 34.3 Å². The largest absolute Gasteiger partial charge is 0.335 e. The van der Waals surface area contributed by atoms with Crippen LogP contribution in [-0.4, -0.2) is 41.6 Å². The van der Waals surface area contributed by atoms with E-state index >= 15 is 0 Å². The molecular weight excluding hydrogens is 427 g/mol. The summed E-state index contributed by atoms with van der Waals surface area (Å²) in [7, 11) is 0. The minimum absolute atomic E-state index is 0.114. The molecule has 0 saturated carbocycles. The predicted molar refractivity (Wildman–Crippen MR) is 109 cm³/mol. The normalized spacial score (nSPS) is 15.7. The Hall–Kier alpha value is -1.67. The Morgan fingerprint density at radius 3 is 2.48 bits per heavy atom. The van der Waals surface area contributed by atoms with Gasteiger partial charge in [0.15, 0.2) is 0 Å². The number of likely N-dealkylation sites (tertiary alicyclic amines) is 1. The lowest BCUT2D eigenvalue weighted by atomic mass is 10.0. The van der Waals surface area contributed by atoms with Crippen LogP contribution in [0.1, 0.15) is 18.4 Å². The topological polar surface area (TPSA) is 57.3 Å². The van der Waals surface area contributed by atoms with Crippen molar-refractivity contribution in [3.05, 3.63) is 57.9 Å². The van der Waals surface area contributed by atoms with Crippen LogP contribution in [-0.2, 0) is 6.42 Å². The summed E-state index contributed by atoms with van der Waals surface area (Å²) >= 11 is 2.25. The van der Waals surface area contributed by atoms with Gasteiger partial charge in [0.2, 0.25) is 0 Å². The van der Waals surface area contributed by atoms with Crippen LogP contribution in [0.15, 0.2) is 48.8 Å². The number of anilines is 1. The molecule has 2 heterocycles. The molecule has 1 aliphatic heterocycles. The Morgan fingerprint density at radius 2 is 1.80 bits per heavy atom. The summed E-state index contributed by atoms with van der Waals surface area (Å²) in [4.78, 5) is 18.6. The number of benzene rings is 1. The van der Waals surface area contributed by atoms with Crippen LogP contribution in [0.5, 0.6) is 0 Å². The van der Waals surface area contributed by atoms with Crippen molar-refractivity contribution in [3.8, 4) is 0 Å². The average molecular weight is 450 g/mol. The SMILES string of the molecule is O=C(Nc1ccc(I)cc1)NC1CCN(CCc2ccncc2)CC1. The van der Waals surface area contributed by atoms with Crippen LogP contribution >= 0.6 is 22.6 Å². The number of nitrogens with zero attached hydrogens (tertiary/aromatic N) is 2. The van der Waals surface area contributed by atoms with E-state index in [0.29, 0.717) is 0 Å². The first-order chi connectivity index (χ1) is 12.2. The monoisotopic (exact) mass is 450 g/mol. The second kappa shape index (κ2) is 9.15. The molecule has 0 unspecified atom stereocenters. The second-order valence-electron chi connectivity index (χ2n) is 6.33. The van der Waals surface area contributed by atoms with E-state index in [2.05, 4.69) is 55.2 Å². The second-order valence-corrected chi connectivity index (χ2v) is 7.57. The van der Waals surface area contributed by atoms with Crippen LogP contribution in [0, 0.1) is 3.57 Å². The summed E-state index contributed by atoms with van der Waals surface area (Å²) in [5.74, 6) is 0. The molecule has 132 valence electrons. The van der Waals surface area contributed by atoms with Gasteiger partial charge in [0.25, 0.3) is 0 Å². The van der Waals surface area contributed by atoms with Crippen molar-refractivity contribution in [2.45, 2.75) is 25.3 Å². The maximum atomic E-state index is 12.1. The molecule has 3 rings (SSSR count). The van der Waals surface area contributed by atoms with Gasteiger partial charge in [-0.1, -0.05) is 0 Å². The van der Waals surface area contributed by atoms with Crippen LogP contribution in [0.2, 0.25) is 0 Å². The fourth-order valence-corrected chi connectivity index (χ4v) is 3.38. The number of aromatic nitrogens is 1. The number of amides is 2. The molecule has 0 atom stereocenters. The molecule has 6 heteroatoms. The fraction of sp³-hybridized carbons (Fsp3) is 0.368. The van der Waals surface area contributed by atoms with Gasteiger partial charge in [0.05, 0.1) is 0 Å². The number of urea groups is 1. The van der Waals surface area contributed by atoms with Gasteiger partial charge in [0, 0.05) is 47.3 Å². The van der Waals surface area contributed by atoms with E-state index in [4.69, 9.17) is 0 Å². The first kappa shape index (κ1) is 18.1. The molecular formula is C19H23IN4O. The van der Waals surface area contributed by atoms with Gasteiger partial charge in [-0.2, -0.15) is 0 Å². The molecule has 1 saturated heterocycles. The van der Waals surface area contributed by atoms with Gasteiger partial charge in [-0.3, -0.25) is 4.98 Å². The number of piperidine rings is 1. The standard InChI is InChI=1S/C19H23IN4O/c20-16-1-3-17(4-2-16)22-19(25)23-18-8-13-24(14-9-18)12-7-15-5-10-21-11-6-15/h1-6,10-11,18H,7-9,12-14H2,(H2,22,23,25). The third kappa shape index (κ3) is 5.97. The zero-order valence-corrected chi connectivity index (χ0v) is 16.3. The maximum Gasteiger partial charge on any atom is 0.319 e. The van der Waals surface area contributed by atoms with E-state index in [1.807, 2.05) is 36.7 Å². The lowest BCUT2D eigenvalue weighted by molar-refractivity contribution is 0.197. The first-order valence-electron chi connectivity index (χ1n) is 8.63. The predicted octanol–water partition coefficient (Wildman–Crippen LogP) is 3.51. The zero-order valence-electron chi connectivity index (χ0n) is 14.1. The Morgan fingerprint density at radius 1 is 1.12 bits per heavy atom. The molecule has 1 aromatic carbocycles. The maximum absolute atomic E-state index is 12.1. The van der Waals surface area contributed by atoms with E-state index in [1.54, 1.807) is 0 Å². The number of carbonyl (C=O) groups excluding carboxylic acids is 1. The first-order valence-corrected chi connectivity index (χ1v) is 9.71. The van der Waals surface area contributed by atoms with Crippen molar-refractivity contribution in [2.75, 3.05) is 25.0 Å². The minimum atomic E-state index is -0.114. The molecule has 25 heavy (non-hydrogen) atoms. The fourth-order valence-electron chi connectivity index (χ4n) is 3.02. The number of halogens is 1. The van der Waals surface area contributed by atoms with Crippen molar-refractivity contribution in [2.24, 2.45) is 0 Å². The van der Waals surface area contributed by atoms with E-state index in [-0.39, 0.29) is 12.1 Å². The van der Waals surface area contributed by atoms with Gasteiger partial charge in [-0.05, 0) is 83.8 Å². The van der Waals surface area contributed by atoms with Gasteiger partial charge < -0.3 is 15.5 Å². The van der Waals surface area contributed by atoms with Crippen LogP contribution in [0.4, 0.5) is 10.5 Å².